The van der Waals surface area contributed by atoms with Crippen molar-refractivity contribution in [1.82, 2.24) is 5.32 Å². The van der Waals surface area contributed by atoms with E-state index in [1.807, 2.05) is 6.08 Å². The minimum atomic E-state index is -1.58. The molecule has 0 saturated carbocycles. The predicted octanol–water partition coefficient (Wildman–Crippen LogP) is 19.5. The molecule has 0 radical (unpaired) electrons. The number of ether oxygens (including phenoxy) is 3. The summed E-state index contributed by atoms with van der Waals surface area (Å²) in [4.78, 5) is 25.1. The highest BCUT2D eigenvalue weighted by Crippen LogP contribution is 2.23. The number of unbranched alkanes of at least 4 members (excludes halogenated alkanes) is 41. The van der Waals surface area contributed by atoms with Gasteiger partial charge in [-0.15, -0.1) is 0 Å². The maximum absolute atomic E-state index is 13.0. The van der Waals surface area contributed by atoms with Crippen LogP contribution >= 0.6 is 0 Å². The van der Waals surface area contributed by atoms with Crippen LogP contribution in [-0.2, 0) is 23.8 Å². The lowest BCUT2D eigenvalue weighted by Gasteiger charge is -2.40. The molecule has 0 aromatic rings. The van der Waals surface area contributed by atoms with E-state index in [0.29, 0.717) is 19.4 Å². The first-order chi connectivity index (χ1) is 43.2. The van der Waals surface area contributed by atoms with Gasteiger partial charge in [0.05, 0.1) is 32.0 Å². The van der Waals surface area contributed by atoms with Crippen LogP contribution in [0.5, 0.6) is 0 Å². The Labute approximate surface area is 541 Å². The Morgan fingerprint density at radius 3 is 1.22 bits per heavy atom. The van der Waals surface area contributed by atoms with E-state index in [0.717, 1.165) is 70.6 Å². The molecular formula is C77H139NO10. The number of hydrogen-bond donors (Lipinski definition) is 6. The fourth-order valence-corrected chi connectivity index (χ4v) is 11.4. The van der Waals surface area contributed by atoms with Crippen molar-refractivity contribution in [3.63, 3.8) is 0 Å². The molecule has 0 spiro atoms. The molecule has 7 atom stereocenters. The average molecular weight is 1240 g/mol. The van der Waals surface area contributed by atoms with E-state index in [4.69, 9.17) is 14.2 Å². The monoisotopic (exact) mass is 1240 g/mol. The SMILES string of the molecule is CCCCC/C=C\C/C=C\CCCCCCCCCC(=O)OCCCCCCCCCCC/C=C\C/C=C\CCCCCCCCCCCCCCCCCCCC(=O)NC(COC1OC(CO)C(O)C(O)C1O)C(O)/C=C/CC/C=C/CCCCCC. The topological polar surface area (TPSA) is 175 Å². The van der Waals surface area contributed by atoms with Gasteiger partial charge in [-0.2, -0.15) is 0 Å². The van der Waals surface area contributed by atoms with E-state index >= 15 is 0 Å². The second-order valence-corrected chi connectivity index (χ2v) is 25.6. The van der Waals surface area contributed by atoms with Gasteiger partial charge in [0.1, 0.15) is 24.4 Å². The third kappa shape index (κ3) is 53.7. The first-order valence-electron chi connectivity index (χ1n) is 37.2. The molecule has 6 N–H and O–H groups in total. The van der Waals surface area contributed by atoms with Crippen LogP contribution < -0.4 is 5.32 Å². The van der Waals surface area contributed by atoms with Crippen LogP contribution in [0.2, 0.25) is 0 Å². The molecule has 0 aromatic heterocycles. The second kappa shape index (κ2) is 65.6. The predicted molar refractivity (Wildman–Crippen MR) is 370 cm³/mol. The van der Waals surface area contributed by atoms with Crippen LogP contribution in [0.25, 0.3) is 0 Å². The summed E-state index contributed by atoms with van der Waals surface area (Å²) in [5.41, 5.74) is 0. The van der Waals surface area contributed by atoms with E-state index in [-0.39, 0.29) is 18.5 Å². The van der Waals surface area contributed by atoms with Crippen molar-refractivity contribution < 1.29 is 49.3 Å². The molecule has 1 amide bonds. The molecule has 1 fully saturated rings. The lowest BCUT2D eigenvalue weighted by Crippen LogP contribution is -2.60. The Hall–Kier alpha value is -2.90. The number of amides is 1. The highest BCUT2D eigenvalue weighted by Gasteiger charge is 2.44. The number of carbonyl (C=O) groups is 2. The van der Waals surface area contributed by atoms with Gasteiger partial charge in [-0.05, 0) is 109 Å². The number of aliphatic hydroxyl groups is 5. The van der Waals surface area contributed by atoms with Crippen LogP contribution in [0.4, 0.5) is 0 Å². The van der Waals surface area contributed by atoms with Gasteiger partial charge in [-0.1, -0.05) is 292 Å². The van der Waals surface area contributed by atoms with Crippen LogP contribution in [0.3, 0.4) is 0 Å². The number of esters is 1. The van der Waals surface area contributed by atoms with Gasteiger partial charge >= 0.3 is 5.97 Å². The van der Waals surface area contributed by atoms with Crippen molar-refractivity contribution in [1.29, 1.82) is 0 Å². The Morgan fingerprint density at radius 2 is 0.773 bits per heavy atom. The Bertz CT molecular complexity index is 1690. The maximum Gasteiger partial charge on any atom is 0.305 e. The fourth-order valence-electron chi connectivity index (χ4n) is 11.4. The van der Waals surface area contributed by atoms with E-state index < -0.39 is 49.5 Å². The summed E-state index contributed by atoms with van der Waals surface area (Å²) >= 11 is 0. The highest BCUT2D eigenvalue weighted by atomic mass is 16.7. The standard InChI is InChI=1S/C77H139NO10/c1-3-5-7-9-11-13-15-16-17-35-39-42-45-49-53-57-61-65-73(82)86-66-62-58-54-50-46-43-40-37-34-32-30-28-26-24-22-20-18-19-21-23-25-27-29-31-33-36-38-41-44-48-52-56-60-64-72(81)78-69(68-87-77-76(85)75(84)74(83)71(67-79)88-77)70(80)63-59-55-51-47-14-12-10-8-6-4-2/h11,13-14,16-17,22,24,28,30,47,59,63,69-71,74-77,79-80,83-85H,3-10,12,15,18-21,23,25-27,29,31-46,48-58,60-62,64-68H2,1-2H3,(H,78,81)/b13-11-,17-16-,24-22-,30-28-,47-14+,63-59+. The van der Waals surface area contributed by atoms with Crippen molar-refractivity contribution >= 4 is 11.9 Å². The van der Waals surface area contributed by atoms with Gasteiger partial charge < -0.3 is 45.1 Å². The number of rotatable bonds is 65. The molecule has 1 heterocycles. The van der Waals surface area contributed by atoms with Gasteiger partial charge in [-0.3, -0.25) is 9.59 Å². The lowest BCUT2D eigenvalue weighted by atomic mass is 9.99. The molecular weight excluding hydrogens is 1100 g/mol. The van der Waals surface area contributed by atoms with Crippen LogP contribution in [0, 0.1) is 0 Å². The van der Waals surface area contributed by atoms with Crippen LogP contribution in [-0.4, -0.2) is 100 Å². The molecule has 88 heavy (non-hydrogen) atoms. The summed E-state index contributed by atoms with van der Waals surface area (Å²) in [6, 6.07) is -0.826. The van der Waals surface area contributed by atoms with E-state index in [2.05, 4.69) is 79.9 Å². The Balaban J connectivity index is 1.91. The summed E-state index contributed by atoms with van der Waals surface area (Å²) < 4.78 is 16.7. The average Bonchev–Trinajstić information content (AvgIpc) is 1.96. The third-order valence-electron chi connectivity index (χ3n) is 17.3. The van der Waals surface area contributed by atoms with Gasteiger partial charge in [0.2, 0.25) is 5.91 Å². The molecule has 1 saturated heterocycles. The van der Waals surface area contributed by atoms with Crippen molar-refractivity contribution in [2.75, 3.05) is 19.8 Å². The second-order valence-electron chi connectivity index (χ2n) is 25.6. The normalized spacial score (nSPS) is 18.2. The van der Waals surface area contributed by atoms with Gasteiger partial charge in [-0.25, -0.2) is 0 Å². The van der Waals surface area contributed by atoms with Crippen molar-refractivity contribution in [3.8, 4) is 0 Å². The van der Waals surface area contributed by atoms with Crippen LogP contribution in [0.1, 0.15) is 341 Å². The Kier molecular flexibility index (Phi) is 61.9. The number of allylic oxidation sites excluding steroid dienone is 11. The summed E-state index contributed by atoms with van der Waals surface area (Å²) in [5.74, 6) is -0.193. The Morgan fingerprint density at radius 1 is 0.420 bits per heavy atom. The zero-order valence-electron chi connectivity index (χ0n) is 56.9. The largest absolute Gasteiger partial charge is 0.466 e. The van der Waals surface area contributed by atoms with Crippen molar-refractivity contribution in [2.45, 2.75) is 384 Å². The van der Waals surface area contributed by atoms with Gasteiger partial charge in [0.25, 0.3) is 0 Å². The minimum Gasteiger partial charge on any atom is -0.466 e. The van der Waals surface area contributed by atoms with E-state index in [1.54, 1.807) is 6.08 Å². The summed E-state index contributed by atoms with van der Waals surface area (Å²) in [6.07, 6.45) is 79.2. The van der Waals surface area contributed by atoms with E-state index in [9.17, 15) is 35.1 Å². The number of hydrogen-bond acceptors (Lipinski definition) is 10. The molecule has 7 unspecified atom stereocenters. The smallest absolute Gasteiger partial charge is 0.305 e. The zero-order valence-corrected chi connectivity index (χ0v) is 56.9. The first kappa shape index (κ1) is 83.1. The third-order valence-corrected chi connectivity index (χ3v) is 17.3. The molecule has 0 aromatic carbocycles. The molecule has 11 nitrogen and oxygen atoms in total. The van der Waals surface area contributed by atoms with Crippen LogP contribution in [0.15, 0.2) is 72.9 Å². The molecule has 1 aliphatic rings. The summed E-state index contributed by atoms with van der Waals surface area (Å²) in [7, 11) is 0. The molecule has 11 heteroatoms. The molecule has 0 bridgehead atoms. The minimum absolute atomic E-state index is 0.00141. The number of nitrogens with one attached hydrogen (secondary N) is 1. The highest BCUT2D eigenvalue weighted by molar-refractivity contribution is 5.76. The van der Waals surface area contributed by atoms with Gasteiger partial charge in [0.15, 0.2) is 6.29 Å². The van der Waals surface area contributed by atoms with Crippen molar-refractivity contribution in [3.05, 3.63) is 72.9 Å². The lowest BCUT2D eigenvalue weighted by molar-refractivity contribution is -0.302. The molecule has 1 aliphatic heterocycles. The summed E-state index contributed by atoms with van der Waals surface area (Å²) in [5, 5.41) is 54.3. The fraction of sp³-hybridized carbons (Fsp3) is 0.818. The number of carbonyl (C=O) groups excluding carboxylic acids is 2. The summed E-state index contributed by atoms with van der Waals surface area (Å²) in [6.45, 7) is 4.28. The quantitative estimate of drug-likeness (QED) is 0.0195. The van der Waals surface area contributed by atoms with E-state index in [1.165, 1.54) is 244 Å². The molecule has 512 valence electrons. The molecule has 1 rings (SSSR count). The van der Waals surface area contributed by atoms with Crippen molar-refractivity contribution in [2.24, 2.45) is 0 Å². The zero-order chi connectivity index (χ0) is 63.7. The maximum atomic E-state index is 13.0. The molecule has 0 aliphatic carbocycles. The van der Waals surface area contributed by atoms with Gasteiger partial charge in [0, 0.05) is 12.8 Å². The first-order valence-corrected chi connectivity index (χ1v) is 37.2. The number of aliphatic hydroxyl groups excluding tert-OH is 5.